The number of furan rings is 1. The van der Waals surface area contributed by atoms with Gasteiger partial charge in [-0.1, -0.05) is 6.92 Å². The lowest BCUT2D eigenvalue weighted by Crippen LogP contribution is -2.43. The normalized spacial score (nSPS) is 13.3. The van der Waals surface area contributed by atoms with E-state index in [1.165, 1.54) is 0 Å². The lowest BCUT2D eigenvalue weighted by atomic mass is 10.1. The maximum absolute atomic E-state index is 5.30. The average Bonchev–Trinajstić information content (AvgIpc) is 2.72. The van der Waals surface area contributed by atoms with Crippen molar-refractivity contribution in [1.82, 2.24) is 5.32 Å². The largest absolute Gasteiger partial charge is 0.469 e. The van der Waals surface area contributed by atoms with Gasteiger partial charge in [0.25, 0.3) is 0 Å². The van der Waals surface area contributed by atoms with Crippen molar-refractivity contribution < 1.29 is 13.9 Å². The molecule has 15 heavy (non-hydrogen) atoms. The highest BCUT2D eigenvalue weighted by Gasteiger charge is 2.21. The van der Waals surface area contributed by atoms with Crippen LogP contribution < -0.4 is 5.32 Å². The van der Waals surface area contributed by atoms with Gasteiger partial charge in [-0.3, -0.25) is 0 Å². The van der Waals surface area contributed by atoms with Crippen molar-refractivity contribution in [1.29, 1.82) is 0 Å². The van der Waals surface area contributed by atoms with Gasteiger partial charge in [0.15, 0.2) is 6.29 Å². The monoisotopic (exact) mass is 213 g/mol. The Labute approximate surface area is 90.6 Å². The van der Waals surface area contributed by atoms with Gasteiger partial charge in [-0.2, -0.15) is 0 Å². The van der Waals surface area contributed by atoms with Crippen LogP contribution in [0, 0.1) is 0 Å². The van der Waals surface area contributed by atoms with Gasteiger partial charge < -0.3 is 19.2 Å². The number of methoxy groups -OCH3 is 2. The molecule has 4 heteroatoms. The quantitative estimate of drug-likeness (QED) is 0.696. The van der Waals surface area contributed by atoms with Crippen molar-refractivity contribution in [2.24, 2.45) is 0 Å². The van der Waals surface area contributed by atoms with Crippen molar-refractivity contribution in [3.05, 3.63) is 24.2 Å². The van der Waals surface area contributed by atoms with Crippen LogP contribution in [0.25, 0.3) is 0 Å². The third kappa shape index (κ3) is 3.66. The van der Waals surface area contributed by atoms with E-state index in [0.29, 0.717) is 0 Å². The van der Waals surface area contributed by atoms with E-state index in [4.69, 9.17) is 13.9 Å². The molecule has 86 valence electrons. The van der Waals surface area contributed by atoms with Gasteiger partial charge in [-0.25, -0.2) is 0 Å². The summed E-state index contributed by atoms with van der Waals surface area (Å²) in [5.74, 6) is 0.931. The van der Waals surface area contributed by atoms with Crippen molar-refractivity contribution >= 4 is 0 Å². The first-order chi connectivity index (χ1) is 7.31. The van der Waals surface area contributed by atoms with Crippen LogP contribution in [0.3, 0.4) is 0 Å². The third-order valence-corrected chi connectivity index (χ3v) is 2.26. The van der Waals surface area contributed by atoms with E-state index >= 15 is 0 Å². The van der Waals surface area contributed by atoms with Crippen LogP contribution in [-0.4, -0.2) is 33.1 Å². The molecule has 1 rings (SSSR count). The molecule has 0 aliphatic rings. The molecule has 0 saturated carbocycles. The summed E-state index contributed by atoms with van der Waals surface area (Å²) in [6.45, 7) is 2.92. The van der Waals surface area contributed by atoms with E-state index in [2.05, 4.69) is 12.2 Å². The summed E-state index contributed by atoms with van der Waals surface area (Å²) in [7, 11) is 3.28. The van der Waals surface area contributed by atoms with Crippen molar-refractivity contribution in [2.45, 2.75) is 25.7 Å². The van der Waals surface area contributed by atoms with Gasteiger partial charge in [0.2, 0.25) is 0 Å². The lowest BCUT2D eigenvalue weighted by Gasteiger charge is -2.24. The number of hydrogen-bond acceptors (Lipinski definition) is 4. The summed E-state index contributed by atoms with van der Waals surface area (Å²) in [5.41, 5.74) is 0. The standard InChI is InChI=1S/C11H19NO3/c1-4-12-10(11(13-2)14-3)8-9-6-5-7-15-9/h5-7,10-12H,4,8H2,1-3H3. The first kappa shape index (κ1) is 12.2. The molecule has 0 aliphatic heterocycles. The maximum atomic E-state index is 5.30. The number of nitrogens with one attached hydrogen (secondary N) is 1. The van der Waals surface area contributed by atoms with Crippen LogP contribution in [0.5, 0.6) is 0 Å². The molecular weight excluding hydrogens is 194 g/mol. The predicted octanol–water partition coefficient (Wildman–Crippen LogP) is 1.42. The Kier molecular flexibility index (Phi) is 5.39. The van der Waals surface area contributed by atoms with Gasteiger partial charge in [0.1, 0.15) is 5.76 Å². The smallest absolute Gasteiger partial charge is 0.172 e. The fraction of sp³-hybridized carbons (Fsp3) is 0.636. The first-order valence-corrected chi connectivity index (χ1v) is 5.13. The second kappa shape index (κ2) is 6.61. The molecule has 0 radical (unpaired) electrons. The molecule has 1 aromatic heterocycles. The topological polar surface area (TPSA) is 43.6 Å². The Hall–Kier alpha value is -0.840. The second-order valence-electron chi connectivity index (χ2n) is 3.29. The van der Waals surface area contributed by atoms with Gasteiger partial charge in [-0.05, 0) is 18.7 Å². The Bertz CT molecular complexity index is 244. The molecule has 0 saturated heterocycles. The van der Waals surface area contributed by atoms with Crippen LogP contribution in [0.2, 0.25) is 0 Å². The summed E-state index contributed by atoms with van der Waals surface area (Å²) < 4.78 is 15.8. The first-order valence-electron chi connectivity index (χ1n) is 5.13. The van der Waals surface area contributed by atoms with Crippen LogP contribution >= 0.6 is 0 Å². The lowest BCUT2D eigenvalue weighted by molar-refractivity contribution is -0.123. The van der Waals surface area contributed by atoms with Crippen LogP contribution in [0.1, 0.15) is 12.7 Å². The molecule has 1 N–H and O–H groups in total. The minimum atomic E-state index is -0.255. The molecule has 1 heterocycles. The second-order valence-corrected chi connectivity index (χ2v) is 3.29. The van der Waals surface area contributed by atoms with E-state index < -0.39 is 0 Å². The molecule has 0 fully saturated rings. The highest BCUT2D eigenvalue weighted by atomic mass is 16.7. The molecule has 1 unspecified atom stereocenters. The molecule has 1 atom stereocenters. The summed E-state index contributed by atoms with van der Waals surface area (Å²) in [4.78, 5) is 0. The fourth-order valence-corrected chi connectivity index (χ4v) is 1.60. The van der Waals surface area contributed by atoms with Gasteiger partial charge in [0.05, 0.1) is 12.3 Å². The van der Waals surface area contributed by atoms with Crippen LogP contribution in [0.15, 0.2) is 22.8 Å². The van der Waals surface area contributed by atoms with E-state index in [0.717, 1.165) is 18.7 Å². The van der Waals surface area contributed by atoms with Gasteiger partial charge >= 0.3 is 0 Å². The summed E-state index contributed by atoms with van der Waals surface area (Å²) >= 11 is 0. The van der Waals surface area contributed by atoms with Gasteiger partial charge in [-0.15, -0.1) is 0 Å². The van der Waals surface area contributed by atoms with Crippen molar-refractivity contribution in [2.75, 3.05) is 20.8 Å². The van der Waals surface area contributed by atoms with Crippen LogP contribution in [0.4, 0.5) is 0 Å². The molecule has 0 amide bonds. The number of rotatable bonds is 7. The van der Waals surface area contributed by atoms with Crippen molar-refractivity contribution in [3.8, 4) is 0 Å². The molecule has 0 aliphatic carbocycles. The molecule has 4 nitrogen and oxygen atoms in total. The van der Waals surface area contributed by atoms with E-state index in [9.17, 15) is 0 Å². The summed E-state index contributed by atoms with van der Waals surface area (Å²) in [6.07, 6.45) is 2.18. The highest BCUT2D eigenvalue weighted by molar-refractivity contribution is 5.01. The van der Waals surface area contributed by atoms with Crippen LogP contribution in [-0.2, 0) is 15.9 Å². The van der Waals surface area contributed by atoms with E-state index in [1.807, 2.05) is 12.1 Å². The fourth-order valence-electron chi connectivity index (χ4n) is 1.60. The van der Waals surface area contributed by atoms with E-state index in [1.54, 1.807) is 20.5 Å². The summed E-state index contributed by atoms with van der Waals surface area (Å²) in [6, 6.07) is 3.94. The maximum Gasteiger partial charge on any atom is 0.172 e. The summed E-state index contributed by atoms with van der Waals surface area (Å²) in [5, 5.41) is 3.31. The SMILES string of the molecule is CCNC(Cc1ccco1)C(OC)OC. The minimum absolute atomic E-state index is 0.108. The Morgan fingerprint density at radius 1 is 1.40 bits per heavy atom. The zero-order chi connectivity index (χ0) is 11.1. The van der Waals surface area contributed by atoms with E-state index in [-0.39, 0.29) is 12.3 Å². The average molecular weight is 213 g/mol. The van der Waals surface area contributed by atoms with Crippen molar-refractivity contribution in [3.63, 3.8) is 0 Å². The number of hydrogen-bond donors (Lipinski definition) is 1. The molecule has 1 aromatic rings. The number of likely N-dealkylation sites (N-methyl/N-ethyl adjacent to an activating group) is 1. The molecule has 0 bridgehead atoms. The number of ether oxygens (including phenoxy) is 2. The predicted molar refractivity (Wildman–Crippen MR) is 57.7 cm³/mol. The molecular formula is C11H19NO3. The Morgan fingerprint density at radius 2 is 2.13 bits per heavy atom. The Morgan fingerprint density at radius 3 is 2.60 bits per heavy atom. The Balaban J connectivity index is 2.56. The zero-order valence-corrected chi connectivity index (χ0v) is 9.53. The van der Waals surface area contributed by atoms with Gasteiger partial charge in [0, 0.05) is 20.6 Å². The third-order valence-electron chi connectivity index (χ3n) is 2.26. The zero-order valence-electron chi connectivity index (χ0n) is 9.53. The molecule has 0 spiro atoms. The minimum Gasteiger partial charge on any atom is -0.469 e. The highest BCUT2D eigenvalue weighted by Crippen LogP contribution is 2.09. The molecule has 0 aromatic carbocycles.